The summed E-state index contributed by atoms with van der Waals surface area (Å²) in [6.07, 6.45) is 0. The van der Waals surface area contributed by atoms with E-state index in [4.69, 9.17) is 0 Å². The second kappa shape index (κ2) is 3.70. The Hall–Kier alpha value is -1.71. The van der Waals surface area contributed by atoms with Crippen LogP contribution in [0.2, 0.25) is 0 Å². The number of anilines is 1. The number of rotatable bonds is 1. The van der Waals surface area contributed by atoms with E-state index in [9.17, 15) is 8.78 Å². The van der Waals surface area contributed by atoms with Gasteiger partial charge in [0.05, 0.1) is 5.39 Å². The van der Waals surface area contributed by atoms with Gasteiger partial charge in [-0.3, -0.25) is 0 Å². The Balaban J connectivity index is 2.99. The SMILES string of the molecule is CNc1cc(C)nc2c(F)cc(C)c(F)c12. The van der Waals surface area contributed by atoms with Crippen molar-refractivity contribution < 1.29 is 8.78 Å². The minimum atomic E-state index is -0.492. The van der Waals surface area contributed by atoms with Gasteiger partial charge in [-0.25, -0.2) is 13.8 Å². The highest BCUT2D eigenvalue weighted by atomic mass is 19.1. The van der Waals surface area contributed by atoms with Crippen LogP contribution in [-0.2, 0) is 0 Å². The van der Waals surface area contributed by atoms with Gasteiger partial charge in [0.2, 0.25) is 0 Å². The third-order valence-electron chi connectivity index (χ3n) is 2.55. The highest BCUT2D eigenvalue weighted by Gasteiger charge is 2.14. The molecule has 0 amide bonds. The third kappa shape index (κ3) is 1.50. The van der Waals surface area contributed by atoms with Crippen molar-refractivity contribution in [2.75, 3.05) is 12.4 Å². The van der Waals surface area contributed by atoms with E-state index in [2.05, 4.69) is 10.3 Å². The zero-order valence-electron chi connectivity index (χ0n) is 9.36. The molecule has 0 bridgehead atoms. The fourth-order valence-electron chi connectivity index (χ4n) is 1.78. The summed E-state index contributed by atoms with van der Waals surface area (Å²) in [6, 6.07) is 2.87. The fraction of sp³-hybridized carbons (Fsp3) is 0.250. The number of halogens is 2. The first kappa shape index (κ1) is 10.8. The first-order valence-electron chi connectivity index (χ1n) is 4.98. The maximum Gasteiger partial charge on any atom is 0.149 e. The van der Waals surface area contributed by atoms with E-state index >= 15 is 0 Å². The van der Waals surface area contributed by atoms with E-state index in [1.54, 1.807) is 20.0 Å². The molecule has 16 heavy (non-hydrogen) atoms. The first-order valence-corrected chi connectivity index (χ1v) is 4.98. The van der Waals surface area contributed by atoms with Crippen molar-refractivity contribution in [2.24, 2.45) is 0 Å². The van der Waals surface area contributed by atoms with Gasteiger partial charge in [0, 0.05) is 18.4 Å². The number of hydrogen-bond donors (Lipinski definition) is 1. The van der Waals surface area contributed by atoms with Crippen LogP contribution in [0.25, 0.3) is 10.9 Å². The van der Waals surface area contributed by atoms with Gasteiger partial charge in [-0.1, -0.05) is 0 Å². The van der Waals surface area contributed by atoms with Crippen molar-refractivity contribution in [3.8, 4) is 0 Å². The Morgan fingerprint density at radius 1 is 1.19 bits per heavy atom. The fourth-order valence-corrected chi connectivity index (χ4v) is 1.78. The monoisotopic (exact) mass is 222 g/mol. The number of pyridine rings is 1. The highest BCUT2D eigenvalue weighted by molar-refractivity contribution is 5.92. The number of nitrogens with zero attached hydrogens (tertiary/aromatic N) is 1. The molecule has 0 aliphatic rings. The van der Waals surface area contributed by atoms with Crippen LogP contribution in [0.1, 0.15) is 11.3 Å². The quantitative estimate of drug-likeness (QED) is 0.801. The average molecular weight is 222 g/mol. The molecule has 0 spiro atoms. The minimum Gasteiger partial charge on any atom is -0.387 e. The summed E-state index contributed by atoms with van der Waals surface area (Å²) in [7, 11) is 1.67. The maximum atomic E-state index is 13.9. The summed E-state index contributed by atoms with van der Waals surface area (Å²) >= 11 is 0. The number of aryl methyl sites for hydroxylation is 2. The minimum absolute atomic E-state index is 0.0763. The van der Waals surface area contributed by atoms with E-state index in [-0.39, 0.29) is 16.5 Å². The molecule has 1 heterocycles. The van der Waals surface area contributed by atoms with E-state index in [0.29, 0.717) is 11.4 Å². The molecular weight excluding hydrogens is 210 g/mol. The molecule has 0 aliphatic heterocycles. The molecule has 2 nitrogen and oxygen atoms in total. The van der Waals surface area contributed by atoms with E-state index in [0.717, 1.165) is 0 Å². The van der Waals surface area contributed by atoms with Crippen LogP contribution in [0.15, 0.2) is 12.1 Å². The molecule has 0 fully saturated rings. The summed E-state index contributed by atoms with van der Waals surface area (Å²) in [5.41, 5.74) is 1.57. The second-order valence-corrected chi connectivity index (χ2v) is 3.77. The molecule has 0 aliphatic carbocycles. The molecule has 84 valence electrons. The van der Waals surface area contributed by atoms with Crippen LogP contribution in [0, 0.1) is 25.5 Å². The Morgan fingerprint density at radius 3 is 2.50 bits per heavy atom. The van der Waals surface area contributed by atoms with Crippen LogP contribution in [0.4, 0.5) is 14.5 Å². The van der Waals surface area contributed by atoms with Crippen molar-refractivity contribution in [3.05, 3.63) is 35.0 Å². The lowest BCUT2D eigenvalue weighted by atomic mass is 10.1. The predicted octanol–water partition coefficient (Wildman–Crippen LogP) is 3.17. The Morgan fingerprint density at radius 2 is 1.88 bits per heavy atom. The van der Waals surface area contributed by atoms with Crippen molar-refractivity contribution in [3.63, 3.8) is 0 Å². The van der Waals surface area contributed by atoms with Crippen LogP contribution in [0.5, 0.6) is 0 Å². The summed E-state index contributed by atoms with van der Waals surface area (Å²) in [5, 5.41) is 3.07. The topological polar surface area (TPSA) is 24.9 Å². The molecule has 0 atom stereocenters. The second-order valence-electron chi connectivity index (χ2n) is 3.77. The van der Waals surface area contributed by atoms with Crippen molar-refractivity contribution in [1.82, 2.24) is 4.98 Å². The standard InChI is InChI=1S/C12H12F2N2/c1-6-4-8(13)12-10(11(6)14)9(15-3)5-7(2)16-12/h4-5H,1-3H3,(H,15,16). The van der Waals surface area contributed by atoms with Gasteiger partial charge in [0.15, 0.2) is 0 Å². The summed E-state index contributed by atoms with van der Waals surface area (Å²) < 4.78 is 27.6. The lowest BCUT2D eigenvalue weighted by Gasteiger charge is -2.10. The van der Waals surface area contributed by atoms with Gasteiger partial charge in [-0.15, -0.1) is 0 Å². The molecule has 0 saturated heterocycles. The maximum absolute atomic E-state index is 13.9. The summed E-state index contributed by atoms with van der Waals surface area (Å²) in [6.45, 7) is 3.29. The third-order valence-corrected chi connectivity index (χ3v) is 2.55. The molecule has 0 unspecified atom stereocenters. The largest absolute Gasteiger partial charge is 0.387 e. The molecule has 0 radical (unpaired) electrons. The highest BCUT2D eigenvalue weighted by Crippen LogP contribution is 2.29. The number of benzene rings is 1. The zero-order valence-corrected chi connectivity index (χ0v) is 9.36. The average Bonchev–Trinajstić information content (AvgIpc) is 2.25. The first-order chi connectivity index (χ1) is 7.54. The van der Waals surface area contributed by atoms with Gasteiger partial charge in [-0.05, 0) is 31.5 Å². The predicted molar refractivity (Wildman–Crippen MR) is 60.7 cm³/mol. The van der Waals surface area contributed by atoms with Crippen LogP contribution < -0.4 is 5.32 Å². The number of hydrogen-bond acceptors (Lipinski definition) is 2. The molecule has 2 aromatic rings. The number of nitrogens with one attached hydrogen (secondary N) is 1. The van der Waals surface area contributed by atoms with Gasteiger partial charge in [-0.2, -0.15) is 0 Å². The van der Waals surface area contributed by atoms with Crippen molar-refractivity contribution in [2.45, 2.75) is 13.8 Å². The lowest BCUT2D eigenvalue weighted by molar-refractivity contribution is 0.608. The van der Waals surface area contributed by atoms with Crippen molar-refractivity contribution in [1.29, 1.82) is 0 Å². The Bertz CT molecular complexity index is 565. The Labute approximate surface area is 92.3 Å². The molecular formula is C12H12F2N2. The van der Waals surface area contributed by atoms with Crippen LogP contribution in [0.3, 0.4) is 0 Å². The van der Waals surface area contributed by atoms with E-state index in [1.807, 2.05) is 0 Å². The molecule has 1 aromatic heterocycles. The van der Waals surface area contributed by atoms with E-state index in [1.165, 1.54) is 13.0 Å². The van der Waals surface area contributed by atoms with Crippen LogP contribution in [-0.4, -0.2) is 12.0 Å². The molecule has 1 N–H and O–H groups in total. The van der Waals surface area contributed by atoms with Crippen molar-refractivity contribution >= 4 is 16.6 Å². The smallest absolute Gasteiger partial charge is 0.149 e. The summed E-state index contributed by atoms with van der Waals surface area (Å²) in [4.78, 5) is 4.03. The normalized spacial score (nSPS) is 10.8. The molecule has 0 saturated carbocycles. The molecule has 2 rings (SSSR count). The van der Waals surface area contributed by atoms with Gasteiger partial charge >= 0.3 is 0 Å². The zero-order chi connectivity index (χ0) is 11.9. The van der Waals surface area contributed by atoms with Gasteiger partial charge in [0.1, 0.15) is 17.2 Å². The lowest BCUT2D eigenvalue weighted by Crippen LogP contribution is -1.99. The summed E-state index contributed by atoms with van der Waals surface area (Å²) in [5.74, 6) is -0.914. The molecule has 4 heteroatoms. The van der Waals surface area contributed by atoms with Crippen LogP contribution >= 0.6 is 0 Å². The van der Waals surface area contributed by atoms with Gasteiger partial charge in [0.25, 0.3) is 0 Å². The van der Waals surface area contributed by atoms with E-state index < -0.39 is 11.6 Å². The van der Waals surface area contributed by atoms with Gasteiger partial charge < -0.3 is 5.32 Å². The number of fused-ring (bicyclic) bond motifs is 1. The number of aromatic nitrogens is 1. The Kier molecular flexibility index (Phi) is 2.50. The molecule has 1 aromatic carbocycles.